The average Bonchev–Trinajstić information content (AvgIpc) is 3.08. The largest absolute Gasteiger partial charge is 0.334 e. The third-order valence-electron chi connectivity index (χ3n) is 4.60. The Bertz CT molecular complexity index is 1040. The predicted molar refractivity (Wildman–Crippen MR) is 117 cm³/mol. The van der Waals surface area contributed by atoms with Crippen molar-refractivity contribution in [3.05, 3.63) is 87.8 Å². The molecule has 1 heterocycles. The van der Waals surface area contributed by atoms with Gasteiger partial charge in [-0.05, 0) is 31.5 Å². The molecule has 0 radical (unpaired) electrons. The number of nitriles is 1. The topological polar surface area (TPSA) is 57.0 Å². The molecule has 3 rings (SSSR count). The lowest BCUT2D eigenvalue weighted by Gasteiger charge is -2.21. The molecule has 0 unspecified atom stereocenters. The van der Waals surface area contributed by atoms with Crippen LogP contribution in [0.25, 0.3) is 11.3 Å². The van der Waals surface area contributed by atoms with Crippen LogP contribution in [-0.4, -0.2) is 22.3 Å². The Morgan fingerprint density at radius 1 is 1.17 bits per heavy atom. The van der Waals surface area contributed by atoms with Gasteiger partial charge in [0.05, 0.1) is 28.8 Å². The van der Waals surface area contributed by atoms with E-state index in [2.05, 4.69) is 48.8 Å². The smallest absolute Gasteiger partial charge is 0.228 e. The van der Waals surface area contributed by atoms with Crippen LogP contribution in [0.3, 0.4) is 0 Å². The van der Waals surface area contributed by atoms with Crippen LogP contribution in [0.2, 0.25) is 0 Å². The van der Waals surface area contributed by atoms with E-state index in [1.807, 2.05) is 19.1 Å². The monoisotopic (exact) mass is 401 g/mol. The van der Waals surface area contributed by atoms with Gasteiger partial charge in [0.1, 0.15) is 0 Å². The maximum absolute atomic E-state index is 13.1. The standard InChI is InChI=1S/C24H23N3OS/c1-4-13-27(16-20-9-7-19(15-25)8-10-20)23(28)14-22-24(26-18(3)29-22)21-11-5-17(2)6-12-21/h4-12H,1,13-14,16H2,2-3H3. The molecular formula is C24H23N3OS. The molecule has 0 N–H and O–H groups in total. The molecule has 0 aliphatic rings. The highest BCUT2D eigenvalue weighted by atomic mass is 32.1. The van der Waals surface area contributed by atoms with Crippen LogP contribution < -0.4 is 0 Å². The fourth-order valence-electron chi connectivity index (χ4n) is 3.09. The molecule has 0 fully saturated rings. The van der Waals surface area contributed by atoms with Gasteiger partial charge in [0.15, 0.2) is 0 Å². The van der Waals surface area contributed by atoms with Crippen LogP contribution in [0.4, 0.5) is 0 Å². The van der Waals surface area contributed by atoms with Gasteiger partial charge in [-0.15, -0.1) is 17.9 Å². The van der Waals surface area contributed by atoms with Gasteiger partial charge in [-0.3, -0.25) is 4.79 Å². The third-order valence-corrected chi connectivity index (χ3v) is 5.57. The summed E-state index contributed by atoms with van der Waals surface area (Å²) in [6.45, 7) is 8.76. The summed E-state index contributed by atoms with van der Waals surface area (Å²) in [5, 5.41) is 9.90. The van der Waals surface area contributed by atoms with Gasteiger partial charge in [-0.1, -0.05) is 48.0 Å². The van der Waals surface area contributed by atoms with E-state index in [4.69, 9.17) is 5.26 Å². The number of amides is 1. The first-order valence-corrected chi connectivity index (χ1v) is 10.2. The van der Waals surface area contributed by atoms with E-state index >= 15 is 0 Å². The summed E-state index contributed by atoms with van der Waals surface area (Å²) in [6.07, 6.45) is 2.04. The summed E-state index contributed by atoms with van der Waals surface area (Å²) in [4.78, 5) is 20.5. The summed E-state index contributed by atoms with van der Waals surface area (Å²) in [6, 6.07) is 17.7. The number of thiazole rings is 1. The minimum atomic E-state index is 0.0336. The Morgan fingerprint density at radius 3 is 2.48 bits per heavy atom. The average molecular weight is 402 g/mol. The van der Waals surface area contributed by atoms with Gasteiger partial charge >= 0.3 is 0 Å². The third kappa shape index (κ3) is 5.18. The second-order valence-electron chi connectivity index (χ2n) is 6.92. The minimum absolute atomic E-state index is 0.0336. The van der Waals surface area contributed by atoms with Crippen molar-refractivity contribution in [3.63, 3.8) is 0 Å². The van der Waals surface area contributed by atoms with Crippen molar-refractivity contribution in [3.8, 4) is 17.3 Å². The molecule has 1 aromatic heterocycles. The molecule has 146 valence electrons. The Balaban J connectivity index is 1.80. The summed E-state index contributed by atoms with van der Waals surface area (Å²) in [7, 11) is 0. The van der Waals surface area contributed by atoms with Gasteiger partial charge in [-0.2, -0.15) is 5.26 Å². The number of carbonyl (C=O) groups excluding carboxylic acids is 1. The SMILES string of the molecule is C=CCN(Cc1ccc(C#N)cc1)C(=O)Cc1sc(C)nc1-c1ccc(C)cc1. The second kappa shape index (κ2) is 9.31. The molecule has 2 aromatic carbocycles. The highest BCUT2D eigenvalue weighted by Crippen LogP contribution is 2.29. The lowest BCUT2D eigenvalue weighted by molar-refractivity contribution is -0.130. The number of nitrogens with zero attached hydrogens (tertiary/aromatic N) is 3. The van der Waals surface area contributed by atoms with Gasteiger partial charge in [0.25, 0.3) is 0 Å². The van der Waals surface area contributed by atoms with Crippen molar-refractivity contribution in [1.82, 2.24) is 9.88 Å². The highest BCUT2D eigenvalue weighted by molar-refractivity contribution is 7.12. The van der Waals surface area contributed by atoms with Crippen LogP contribution in [0.1, 0.15) is 26.6 Å². The van der Waals surface area contributed by atoms with Crippen molar-refractivity contribution in [2.75, 3.05) is 6.54 Å². The van der Waals surface area contributed by atoms with Crippen molar-refractivity contribution in [2.45, 2.75) is 26.8 Å². The molecule has 0 saturated heterocycles. The molecular weight excluding hydrogens is 378 g/mol. The van der Waals surface area contributed by atoms with E-state index in [1.54, 1.807) is 34.4 Å². The number of rotatable bonds is 7. The van der Waals surface area contributed by atoms with Crippen molar-refractivity contribution in [2.24, 2.45) is 0 Å². The lowest BCUT2D eigenvalue weighted by atomic mass is 10.1. The van der Waals surface area contributed by atoms with Crippen LogP contribution in [-0.2, 0) is 17.8 Å². The van der Waals surface area contributed by atoms with E-state index in [1.165, 1.54) is 5.56 Å². The zero-order valence-corrected chi connectivity index (χ0v) is 17.5. The molecule has 3 aromatic rings. The lowest BCUT2D eigenvalue weighted by Crippen LogP contribution is -2.31. The summed E-state index contributed by atoms with van der Waals surface area (Å²) >= 11 is 1.57. The number of hydrogen-bond acceptors (Lipinski definition) is 4. The molecule has 0 aliphatic heterocycles. The molecule has 0 spiro atoms. The predicted octanol–water partition coefficient (Wildman–Crippen LogP) is 5.06. The molecule has 1 amide bonds. The first-order valence-electron chi connectivity index (χ1n) is 9.41. The quantitative estimate of drug-likeness (QED) is 0.520. The summed E-state index contributed by atoms with van der Waals surface area (Å²) in [5.74, 6) is 0.0336. The van der Waals surface area contributed by atoms with Crippen LogP contribution in [0.15, 0.2) is 61.2 Å². The normalized spacial score (nSPS) is 10.4. The van der Waals surface area contributed by atoms with E-state index in [-0.39, 0.29) is 5.91 Å². The zero-order valence-electron chi connectivity index (χ0n) is 16.7. The second-order valence-corrected chi connectivity index (χ2v) is 8.21. The molecule has 5 heteroatoms. The number of aryl methyl sites for hydroxylation is 2. The summed E-state index contributed by atoms with van der Waals surface area (Å²) < 4.78 is 0. The fourth-order valence-corrected chi connectivity index (χ4v) is 4.04. The molecule has 0 aliphatic carbocycles. The van der Waals surface area contributed by atoms with Crippen LogP contribution in [0.5, 0.6) is 0 Å². The Kier molecular flexibility index (Phi) is 6.58. The van der Waals surface area contributed by atoms with E-state index in [9.17, 15) is 4.79 Å². The zero-order chi connectivity index (χ0) is 20.8. The maximum atomic E-state index is 13.1. The molecule has 0 bridgehead atoms. The Hall–Kier alpha value is -3.23. The van der Waals surface area contributed by atoms with Crippen molar-refractivity contribution < 1.29 is 4.79 Å². The van der Waals surface area contributed by atoms with E-state index < -0.39 is 0 Å². The maximum Gasteiger partial charge on any atom is 0.228 e. The number of carbonyl (C=O) groups is 1. The Labute approximate surface area is 175 Å². The van der Waals surface area contributed by atoms with Gasteiger partial charge in [-0.25, -0.2) is 4.98 Å². The van der Waals surface area contributed by atoms with Crippen LogP contribution >= 0.6 is 11.3 Å². The van der Waals surface area contributed by atoms with E-state index in [0.717, 1.165) is 26.7 Å². The Morgan fingerprint density at radius 2 is 1.86 bits per heavy atom. The summed E-state index contributed by atoms with van der Waals surface area (Å²) in [5.41, 5.74) is 4.71. The molecule has 4 nitrogen and oxygen atoms in total. The van der Waals surface area contributed by atoms with E-state index in [0.29, 0.717) is 25.1 Å². The number of aromatic nitrogens is 1. The van der Waals surface area contributed by atoms with Crippen LogP contribution in [0, 0.1) is 25.2 Å². The fraction of sp³-hybridized carbons (Fsp3) is 0.208. The molecule has 0 saturated carbocycles. The van der Waals surface area contributed by atoms with Crippen molar-refractivity contribution in [1.29, 1.82) is 5.26 Å². The number of hydrogen-bond donors (Lipinski definition) is 0. The van der Waals surface area contributed by atoms with Gasteiger partial charge in [0, 0.05) is 23.5 Å². The van der Waals surface area contributed by atoms with Crippen molar-refractivity contribution >= 4 is 17.2 Å². The van der Waals surface area contributed by atoms with Gasteiger partial charge in [0.2, 0.25) is 5.91 Å². The highest BCUT2D eigenvalue weighted by Gasteiger charge is 2.19. The first-order chi connectivity index (χ1) is 14.0. The number of benzene rings is 2. The minimum Gasteiger partial charge on any atom is -0.334 e. The first kappa shape index (κ1) is 20.5. The van der Waals surface area contributed by atoms with Gasteiger partial charge < -0.3 is 4.90 Å². The molecule has 0 atom stereocenters. The molecule has 29 heavy (non-hydrogen) atoms.